The summed E-state index contributed by atoms with van der Waals surface area (Å²) in [4.78, 5) is 14.9. The number of rotatable bonds is 2. The van der Waals surface area contributed by atoms with E-state index in [1.165, 1.54) is 6.07 Å². The van der Waals surface area contributed by atoms with Crippen LogP contribution in [0.25, 0.3) is 0 Å². The van der Waals surface area contributed by atoms with E-state index in [9.17, 15) is 18.7 Å². The van der Waals surface area contributed by atoms with Crippen molar-refractivity contribution in [2.45, 2.75) is 29.8 Å². The Labute approximate surface area is 105 Å². The van der Waals surface area contributed by atoms with Gasteiger partial charge in [-0.1, -0.05) is 0 Å². The van der Waals surface area contributed by atoms with Gasteiger partial charge in [0.15, 0.2) is 0 Å². The van der Waals surface area contributed by atoms with Crippen molar-refractivity contribution in [3.8, 4) is 0 Å². The fourth-order valence-electron chi connectivity index (χ4n) is 2.60. The molecule has 0 bridgehead atoms. The normalized spacial score (nSPS) is 44.1. The standard InChI is InChI=1S/C10H11F2N3O4/c11-9-6(17)4(3-16)19-10(9,12)7(9)15-2-1-5(13)14-8(15)18/h1-2,4,6-7,16-17H,3H2,(H2,13,14,18)/t4-,6?,7+,9-,10?/m1/s1. The Kier molecular flexibility index (Phi) is 2.29. The number of aliphatic hydroxyl groups is 2. The zero-order valence-corrected chi connectivity index (χ0v) is 9.53. The largest absolute Gasteiger partial charge is 0.394 e. The molecule has 4 N–H and O–H groups in total. The van der Waals surface area contributed by atoms with E-state index in [2.05, 4.69) is 9.72 Å². The lowest BCUT2D eigenvalue weighted by molar-refractivity contribution is -0.121. The molecule has 2 aliphatic rings. The van der Waals surface area contributed by atoms with E-state index in [-0.39, 0.29) is 5.82 Å². The fraction of sp³-hybridized carbons (Fsp3) is 0.600. The number of nitrogens with zero attached hydrogens (tertiary/aromatic N) is 2. The Morgan fingerprint density at radius 3 is 2.74 bits per heavy atom. The molecule has 7 nitrogen and oxygen atoms in total. The number of fused-ring (bicyclic) bond motifs is 1. The lowest BCUT2D eigenvalue weighted by Crippen LogP contribution is -2.39. The minimum atomic E-state index is -2.85. The summed E-state index contributed by atoms with van der Waals surface area (Å²) in [5.41, 5.74) is 1.56. The Bertz CT molecular complexity index is 596. The molecule has 1 aliphatic heterocycles. The van der Waals surface area contributed by atoms with Crippen LogP contribution in [0, 0.1) is 0 Å². The first-order valence-electron chi connectivity index (χ1n) is 5.55. The van der Waals surface area contributed by atoms with Crippen LogP contribution in [-0.2, 0) is 4.74 Å². The van der Waals surface area contributed by atoms with Crippen molar-refractivity contribution < 1.29 is 23.7 Å². The van der Waals surface area contributed by atoms with Gasteiger partial charge in [0.25, 0.3) is 5.85 Å². The molecule has 104 valence electrons. The average molecular weight is 275 g/mol. The number of hydrogen-bond acceptors (Lipinski definition) is 6. The van der Waals surface area contributed by atoms with Crippen LogP contribution in [0.1, 0.15) is 6.04 Å². The zero-order valence-electron chi connectivity index (χ0n) is 9.53. The first-order chi connectivity index (χ1) is 8.86. The lowest BCUT2D eigenvalue weighted by atomic mass is 10.1. The minimum absolute atomic E-state index is 0.0809. The average Bonchev–Trinajstić information content (AvgIpc) is 2.75. The maximum atomic E-state index is 14.5. The third kappa shape index (κ3) is 1.29. The van der Waals surface area contributed by atoms with Crippen LogP contribution in [0.2, 0.25) is 0 Å². The highest BCUT2D eigenvalue weighted by molar-refractivity contribution is 5.34. The predicted octanol–water partition coefficient (Wildman–Crippen LogP) is -1.49. The van der Waals surface area contributed by atoms with Crippen LogP contribution in [0.4, 0.5) is 14.6 Å². The smallest absolute Gasteiger partial charge is 0.350 e. The van der Waals surface area contributed by atoms with Gasteiger partial charge in [0.2, 0.25) is 5.67 Å². The number of ether oxygens (including phenoxy) is 1. The molecule has 1 saturated carbocycles. The summed E-state index contributed by atoms with van der Waals surface area (Å²) in [6.07, 6.45) is -2.14. The fourth-order valence-corrected chi connectivity index (χ4v) is 2.60. The van der Waals surface area contributed by atoms with Crippen LogP contribution in [0.3, 0.4) is 0 Å². The summed E-state index contributed by atoms with van der Waals surface area (Å²) in [6, 6.07) is -0.434. The van der Waals surface area contributed by atoms with Crippen LogP contribution >= 0.6 is 0 Å². The van der Waals surface area contributed by atoms with E-state index in [0.29, 0.717) is 4.57 Å². The van der Waals surface area contributed by atoms with Crippen LogP contribution in [0.15, 0.2) is 17.1 Å². The molecule has 0 spiro atoms. The van der Waals surface area contributed by atoms with Gasteiger partial charge >= 0.3 is 5.69 Å². The second-order valence-electron chi connectivity index (χ2n) is 4.64. The van der Waals surface area contributed by atoms with Gasteiger partial charge in [-0.05, 0) is 6.07 Å². The zero-order chi connectivity index (χ0) is 14.0. The summed E-state index contributed by atoms with van der Waals surface area (Å²) in [5.74, 6) is -2.93. The van der Waals surface area contributed by atoms with E-state index in [1.54, 1.807) is 0 Å². The van der Waals surface area contributed by atoms with Crippen LogP contribution in [0.5, 0.6) is 0 Å². The lowest BCUT2D eigenvalue weighted by Gasteiger charge is -2.19. The second-order valence-corrected chi connectivity index (χ2v) is 4.64. The summed E-state index contributed by atoms with van der Waals surface area (Å²) in [6.45, 7) is -0.722. The highest BCUT2D eigenvalue weighted by Gasteiger charge is 2.92. The molecular formula is C10H11F2N3O4. The van der Waals surface area contributed by atoms with Gasteiger partial charge in [-0.25, -0.2) is 13.6 Å². The third-order valence-electron chi connectivity index (χ3n) is 3.60. The van der Waals surface area contributed by atoms with Crippen molar-refractivity contribution in [2.75, 3.05) is 12.3 Å². The summed E-state index contributed by atoms with van der Waals surface area (Å²) >= 11 is 0. The summed E-state index contributed by atoms with van der Waals surface area (Å²) in [7, 11) is 0. The SMILES string of the molecule is Nc1ccn([C@@H]2C3(F)O[C@H](CO)C(O)[C@@]23F)c(=O)n1. The van der Waals surface area contributed by atoms with E-state index in [1.807, 2.05) is 0 Å². The minimum Gasteiger partial charge on any atom is -0.394 e. The monoisotopic (exact) mass is 275 g/mol. The molecule has 2 fully saturated rings. The van der Waals surface area contributed by atoms with Crippen molar-refractivity contribution in [1.82, 2.24) is 9.55 Å². The number of halogens is 2. The van der Waals surface area contributed by atoms with Gasteiger partial charge in [-0.2, -0.15) is 4.98 Å². The molecule has 5 atom stereocenters. The number of aliphatic hydroxyl groups excluding tert-OH is 2. The van der Waals surface area contributed by atoms with Gasteiger partial charge in [-0.15, -0.1) is 0 Å². The summed E-state index contributed by atoms with van der Waals surface area (Å²) < 4.78 is 34.1. The van der Waals surface area contributed by atoms with Crippen molar-refractivity contribution >= 4 is 5.82 Å². The predicted molar refractivity (Wildman–Crippen MR) is 57.6 cm³/mol. The molecule has 2 unspecified atom stereocenters. The molecule has 0 aromatic carbocycles. The number of nitrogen functional groups attached to an aromatic ring is 1. The Balaban J connectivity index is 2.01. The Morgan fingerprint density at radius 2 is 2.26 bits per heavy atom. The molecule has 3 rings (SSSR count). The van der Waals surface area contributed by atoms with Crippen molar-refractivity contribution in [2.24, 2.45) is 0 Å². The van der Waals surface area contributed by atoms with Gasteiger partial charge in [-0.3, -0.25) is 4.57 Å². The van der Waals surface area contributed by atoms with Crippen molar-refractivity contribution in [3.63, 3.8) is 0 Å². The molecule has 0 radical (unpaired) electrons. The number of aromatic nitrogens is 2. The molecular weight excluding hydrogens is 264 g/mol. The van der Waals surface area contributed by atoms with E-state index < -0.39 is 42.1 Å². The number of anilines is 1. The highest BCUT2D eigenvalue weighted by Crippen LogP contribution is 2.70. The molecule has 19 heavy (non-hydrogen) atoms. The molecule has 0 amide bonds. The second kappa shape index (κ2) is 3.50. The third-order valence-corrected chi connectivity index (χ3v) is 3.60. The maximum absolute atomic E-state index is 14.5. The number of nitrogens with two attached hydrogens (primary N) is 1. The Hall–Kier alpha value is -1.58. The quantitative estimate of drug-likeness (QED) is 0.606. The first-order valence-corrected chi connectivity index (χ1v) is 5.55. The van der Waals surface area contributed by atoms with Crippen LogP contribution in [-0.4, -0.2) is 50.1 Å². The van der Waals surface area contributed by atoms with Gasteiger partial charge in [0, 0.05) is 6.20 Å². The van der Waals surface area contributed by atoms with Crippen molar-refractivity contribution in [3.05, 3.63) is 22.7 Å². The first kappa shape index (κ1) is 12.5. The molecule has 1 saturated heterocycles. The molecule has 1 aromatic heterocycles. The van der Waals surface area contributed by atoms with Gasteiger partial charge in [0.05, 0.1) is 6.61 Å². The number of alkyl halides is 2. The molecule has 1 aliphatic carbocycles. The number of hydrogen-bond donors (Lipinski definition) is 3. The van der Waals surface area contributed by atoms with E-state index in [0.717, 1.165) is 6.20 Å². The molecule has 9 heteroatoms. The highest BCUT2D eigenvalue weighted by atomic mass is 19.2. The van der Waals surface area contributed by atoms with E-state index in [4.69, 9.17) is 10.8 Å². The topological polar surface area (TPSA) is 111 Å². The molecule has 1 aromatic rings. The van der Waals surface area contributed by atoms with Gasteiger partial charge in [0.1, 0.15) is 24.1 Å². The van der Waals surface area contributed by atoms with Crippen molar-refractivity contribution in [1.29, 1.82) is 0 Å². The Morgan fingerprint density at radius 1 is 1.58 bits per heavy atom. The van der Waals surface area contributed by atoms with Gasteiger partial charge < -0.3 is 20.7 Å². The molecule has 2 heterocycles. The maximum Gasteiger partial charge on any atom is 0.350 e. The van der Waals surface area contributed by atoms with Crippen LogP contribution < -0.4 is 11.4 Å². The summed E-state index contributed by atoms with van der Waals surface area (Å²) in [5, 5.41) is 18.5. The van der Waals surface area contributed by atoms with E-state index >= 15 is 0 Å².